The van der Waals surface area contributed by atoms with E-state index in [9.17, 15) is 0 Å². The minimum absolute atomic E-state index is 0.316. The number of aromatic nitrogens is 3. The van der Waals surface area contributed by atoms with Crippen molar-refractivity contribution in [2.45, 2.75) is 26.3 Å². The number of para-hydroxylation sites is 2. The van der Waals surface area contributed by atoms with Gasteiger partial charge in [0.05, 0.1) is 18.2 Å². The van der Waals surface area contributed by atoms with Gasteiger partial charge in [0.15, 0.2) is 5.65 Å². The van der Waals surface area contributed by atoms with Gasteiger partial charge < -0.3 is 10.1 Å². The van der Waals surface area contributed by atoms with Crippen LogP contribution in [-0.4, -0.2) is 27.7 Å². The molecule has 5 heteroatoms. The van der Waals surface area contributed by atoms with Gasteiger partial charge in [-0.15, -0.1) is 0 Å². The van der Waals surface area contributed by atoms with Crippen LogP contribution in [0.25, 0.3) is 27.8 Å². The van der Waals surface area contributed by atoms with Crippen LogP contribution >= 0.6 is 0 Å². The summed E-state index contributed by atoms with van der Waals surface area (Å²) >= 11 is 0. The smallest absolute Gasteiger partial charge is 0.150 e. The molecular weight excluding hydrogens is 348 g/mol. The minimum atomic E-state index is 0.316. The molecule has 2 aromatic carbocycles. The fourth-order valence-corrected chi connectivity index (χ4v) is 3.36. The number of ether oxygens (including phenoxy) is 1. The molecule has 0 aliphatic rings. The van der Waals surface area contributed by atoms with Crippen LogP contribution in [0.5, 0.6) is 5.75 Å². The Morgan fingerprint density at radius 3 is 2.54 bits per heavy atom. The van der Waals surface area contributed by atoms with Gasteiger partial charge in [0.2, 0.25) is 0 Å². The Labute approximate surface area is 165 Å². The Morgan fingerprint density at radius 2 is 1.79 bits per heavy atom. The maximum atomic E-state index is 5.60. The third-order valence-corrected chi connectivity index (χ3v) is 5.01. The van der Waals surface area contributed by atoms with Crippen molar-refractivity contribution in [1.29, 1.82) is 0 Å². The first-order chi connectivity index (χ1) is 13.7. The SMILES string of the molecule is CC[C@H](C)Nc1ncnc2c1c(-c1ccccc1)cn2-c1ccccc1OC. The van der Waals surface area contributed by atoms with Gasteiger partial charge in [0, 0.05) is 17.8 Å². The van der Waals surface area contributed by atoms with Gasteiger partial charge >= 0.3 is 0 Å². The molecule has 28 heavy (non-hydrogen) atoms. The van der Waals surface area contributed by atoms with E-state index < -0.39 is 0 Å². The van der Waals surface area contributed by atoms with Crippen molar-refractivity contribution in [3.63, 3.8) is 0 Å². The summed E-state index contributed by atoms with van der Waals surface area (Å²) < 4.78 is 7.68. The topological polar surface area (TPSA) is 52.0 Å². The first kappa shape index (κ1) is 18.0. The van der Waals surface area contributed by atoms with Gasteiger partial charge in [-0.2, -0.15) is 0 Å². The third-order valence-electron chi connectivity index (χ3n) is 5.01. The lowest BCUT2D eigenvalue weighted by Gasteiger charge is -2.14. The number of hydrogen-bond donors (Lipinski definition) is 1. The summed E-state index contributed by atoms with van der Waals surface area (Å²) in [7, 11) is 1.69. The van der Waals surface area contributed by atoms with Crippen molar-refractivity contribution < 1.29 is 4.74 Å². The molecule has 0 aliphatic carbocycles. The van der Waals surface area contributed by atoms with Crippen LogP contribution in [0, 0.1) is 0 Å². The van der Waals surface area contributed by atoms with Gasteiger partial charge in [0.25, 0.3) is 0 Å². The van der Waals surface area contributed by atoms with E-state index in [1.165, 1.54) is 0 Å². The Kier molecular flexibility index (Phi) is 4.98. The van der Waals surface area contributed by atoms with Crippen LogP contribution in [0.4, 0.5) is 5.82 Å². The molecule has 0 fully saturated rings. The summed E-state index contributed by atoms with van der Waals surface area (Å²) in [6, 6.07) is 18.6. The molecule has 4 rings (SSSR count). The predicted octanol–water partition coefficient (Wildman–Crippen LogP) is 5.31. The second-order valence-corrected chi connectivity index (χ2v) is 6.83. The standard InChI is InChI=1S/C23H24N4O/c1-4-16(2)26-22-21-18(17-10-6-5-7-11-17)14-27(23(21)25-15-24-22)19-12-8-9-13-20(19)28-3/h5-16H,4H2,1-3H3,(H,24,25,26)/t16-/m0/s1. The molecular formula is C23H24N4O. The van der Waals surface area contributed by atoms with Crippen LogP contribution in [0.3, 0.4) is 0 Å². The molecule has 0 unspecified atom stereocenters. The second-order valence-electron chi connectivity index (χ2n) is 6.83. The largest absolute Gasteiger partial charge is 0.495 e. The van der Waals surface area contributed by atoms with Gasteiger partial charge in [-0.05, 0) is 31.0 Å². The van der Waals surface area contributed by atoms with E-state index in [-0.39, 0.29) is 0 Å². The second kappa shape index (κ2) is 7.72. The number of rotatable bonds is 6. The highest BCUT2D eigenvalue weighted by molar-refractivity contribution is 6.02. The van der Waals surface area contributed by atoms with E-state index in [1.54, 1.807) is 13.4 Å². The number of anilines is 1. The molecule has 1 N–H and O–H groups in total. The molecule has 4 aromatic rings. The monoisotopic (exact) mass is 372 g/mol. The molecule has 0 aliphatic heterocycles. The van der Waals surface area contributed by atoms with E-state index in [2.05, 4.69) is 52.0 Å². The van der Waals surface area contributed by atoms with E-state index in [0.717, 1.165) is 45.8 Å². The maximum absolute atomic E-state index is 5.60. The average molecular weight is 372 g/mol. The van der Waals surface area contributed by atoms with Crippen LogP contribution < -0.4 is 10.1 Å². The highest BCUT2D eigenvalue weighted by Gasteiger charge is 2.19. The number of benzene rings is 2. The van der Waals surface area contributed by atoms with Gasteiger partial charge in [-0.1, -0.05) is 49.4 Å². The number of nitrogens with zero attached hydrogens (tertiary/aromatic N) is 3. The van der Waals surface area contributed by atoms with E-state index in [4.69, 9.17) is 4.74 Å². The fourth-order valence-electron chi connectivity index (χ4n) is 3.36. The molecule has 1 atom stereocenters. The lowest BCUT2D eigenvalue weighted by Crippen LogP contribution is -2.15. The molecule has 2 aromatic heterocycles. The summed E-state index contributed by atoms with van der Waals surface area (Å²) in [4.78, 5) is 9.19. The first-order valence-corrected chi connectivity index (χ1v) is 9.54. The summed E-state index contributed by atoms with van der Waals surface area (Å²) in [5.74, 6) is 1.65. The summed E-state index contributed by atoms with van der Waals surface area (Å²) in [5.41, 5.74) is 4.02. The highest BCUT2D eigenvalue weighted by atomic mass is 16.5. The minimum Gasteiger partial charge on any atom is -0.495 e. The number of methoxy groups -OCH3 is 1. The van der Waals surface area contributed by atoms with Gasteiger partial charge in [0.1, 0.15) is 17.9 Å². The molecule has 0 saturated heterocycles. The third kappa shape index (κ3) is 3.20. The Bertz CT molecular complexity index is 1090. The highest BCUT2D eigenvalue weighted by Crippen LogP contribution is 2.37. The molecule has 2 heterocycles. The molecule has 5 nitrogen and oxygen atoms in total. The van der Waals surface area contributed by atoms with Crippen LogP contribution in [0.1, 0.15) is 20.3 Å². The lowest BCUT2D eigenvalue weighted by atomic mass is 10.1. The molecule has 142 valence electrons. The van der Waals surface area contributed by atoms with Crippen molar-refractivity contribution in [2.24, 2.45) is 0 Å². The summed E-state index contributed by atoms with van der Waals surface area (Å²) in [6.45, 7) is 4.32. The molecule has 0 spiro atoms. The van der Waals surface area contributed by atoms with Crippen LogP contribution in [0.15, 0.2) is 67.1 Å². The zero-order chi connectivity index (χ0) is 19.5. The zero-order valence-corrected chi connectivity index (χ0v) is 16.4. The summed E-state index contributed by atoms with van der Waals surface area (Å²) in [6.07, 6.45) is 4.75. The van der Waals surface area contributed by atoms with Crippen molar-refractivity contribution in [3.8, 4) is 22.6 Å². The maximum Gasteiger partial charge on any atom is 0.150 e. The number of hydrogen-bond acceptors (Lipinski definition) is 4. The molecule has 0 amide bonds. The molecule has 0 bridgehead atoms. The van der Waals surface area contributed by atoms with Gasteiger partial charge in [-0.25, -0.2) is 9.97 Å². The zero-order valence-electron chi connectivity index (χ0n) is 16.4. The molecule has 0 saturated carbocycles. The normalized spacial score (nSPS) is 12.1. The Hall–Kier alpha value is -3.34. The van der Waals surface area contributed by atoms with E-state index in [0.29, 0.717) is 6.04 Å². The number of fused-ring (bicyclic) bond motifs is 1. The quantitative estimate of drug-likeness (QED) is 0.498. The van der Waals surface area contributed by atoms with Gasteiger partial charge in [-0.3, -0.25) is 4.57 Å². The first-order valence-electron chi connectivity index (χ1n) is 9.54. The Balaban J connectivity index is 2.01. The number of nitrogens with one attached hydrogen (secondary N) is 1. The van der Waals surface area contributed by atoms with Crippen molar-refractivity contribution >= 4 is 16.9 Å². The van der Waals surface area contributed by atoms with Crippen molar-refractivity contribution in [3.05, 3.63) is 67.1 Å². The molecule has 0 radical (unpaired) electrons. The summed E-state index contributed by atoms with van der Waals surface area (Å²) in [5, 5.41) is 4.56. The van der Waals surface area contributed by atoms with Crippen LogP contribution in [-0.2, 0) is 0 Å². The predicted molar refractivity (Wildman–Crippen MR) is 114 cm³/mol. The average Bonchev–Trinajstić information content (AvgIpc) is 3.15. The lowest BCUT2D eigenvalue weighted by molar-refractivity contribution is 0.413. The van der Waals surface area contributed by atoms with E-state index >= 15 is 0 Å². The fraction of sp³-hybridized carbons (Fsp3) is 0.217. The van der Waals surface area contributed by atoms with Crippen molar-refractivity contribution in [1.82, 2.24) is 14.5 Å². The van der Waals surface area contributed by atoms with E-state index in [1.807, 2.05) is 42.5 Å². The Morgan fingerprint density at radius 1 is 1.04 bits per heavy atom. The van der Waals surface area contributed by atoms with Crippen LogP contribution in [0.2, 0.25) is 0 Å². The van der Waals surface area contributed by atoms with Crippen molar-refractivity contribution in [2.75, 3.05) is 12.4 Å².